The summed E-state index contributed by atoms with van der Waals surface area (Å²) in [5.41, 5.74) is 3.00. The van der Waals surface area contributed by atoms with Gasteiger partial charge in [-0.3, -0.25) is 15.3 Å². The van der Waals surface area contributed by atoms with E-state index in [4.69, 9.17) is 5.84 Å². The molecule has 0 aliphatic rings. The number of anilines is 1. The second-order valence-electron chi connectivity index (χ2n) is 3.81. The minimum atomic E-state index is -0.328. The van der Waals surface area contributed by atoms with Crippen molar-refractivity contribution in [3.05, 3.63) is 40.4 Å². The maximum Gasteiger partial charge on any atom is 0.241 e. The largest absolute Gasteiger partial charge is 0.378 e. The Kier molecular flexibility index (Phi) is 4.48. The van der Waals surface area contributed by atoms with Crippen LogP contribution in [0.2, 0.25) is 0 Å². The first-order valence-corrected chi connectivity index (χ1v) is 6.35. The number of hydrazine groups is 1. The number of nitrogens with one attached hydrogen (secondary N) is 3. The van der Waals surface area contributed by atoms with Gasteiger partial charge < -0.3 is 5.32 Å². The number of halogens is 1. The molecule has 0 saturated heterocycles. The zero-order valence-corrected chi connectivity index (χ0v) is 11.6. The summed E-state index contributed by atoms with van der Waals surface area (Å²) >= 11 is 3.40. The van der Waals surface area contributed by atoms with E-state index in [9.17, 15) is 4.79 Å². The second kappa shape index (κ2) is 6.30. The van der Waals surface area contributed by atoms with Gasteiger partial charge in [-0.25, -0.2) is 10.8 Å². The van der Waals surface area contributed by atoms with Gasteiger partial charge in [-0.15, -0.1) is 0 Å². The van der Waals surface area contributed by atoms with Crippen LogP contribution >= 0.6 is 15.9 Å². The zero-order valence-electron chi connectivity index (χ0n) is 9.98. The minimum absolute atomic E-state index is 0.0594. The fraction of sp³-hybridized carbons (Fsp3) is 0.182. The van der Waals surface area contributed by atoms with Crippen molar-refractivity contribution in [3.63, 3.8) is 0 Å². The van der Waals surface area contributed by atoms with Crippen LogP contribution in [-0.4, -0.2) is 21.1 Å². The normalized spacial score (nSPS) is 10.2. The van der Waals surface area contributed by atoms with Crippen molar-refractivity contribution < 1.29 is 4.79 Å². The number of benzene rings is 1. The molecule has 2 aromatic rings. The number of nitrogens with zero attached hydrogens (tertiary/aromatic N) is 2. The van der Waals surface area contributed by atoms with E-state index in [2.05, 4.69) is 36.4 Å². The Labute approximate surface area is 118 Å². The predicted molar refractivity (Wildman–Crippen MR) is 73.9 cm³/mol. The molecule has 0 unspecified atom stereocenters. The monoisotopic (exact) mass is 324 g/mol. The third-order valence-electron chi connectivity index (χ3n) is 2.34. The van der Waals surface area contributed by atoms with Gasteiger partial charge in [0.25, 0.3) is 0 Å². The Bertz CT molecular complexity index is 570. The average molecular weight is 325 g/mol. The standard InChI is InChI=1S/C11H13BrN6O/c12-7-2-1-3-8(4-7)14-6-10-15-9(17-18-10)5-11(19)16-13/h1-4,14H,5-6,13H2,(H,16,19)(H,15,17,18). The molecular weight excluding hydrogens is 312 g/mol. The molecule has 0 spiro atoms. The summed E-state index contributed by atoms with van der Waals surface area (Å²) < 4.78 is 0.996. The van der Waals surface area contributed by atoms with Gasteiger partial charge >= 0.3 is 0 Å². The molecule has 5 N–H and O–H groups in total. The van der Waals surface area contributed by atoms with Crippen LogP contribution in [-0.2, 0) is 17.8 Å². The lowest BCUT2D eigenvalue weighted by molar-refractivity contribution is -0.120. The molecule has 0 aliphatic carbocycles. The molecular formula is C11H13BrN6O. The number of aromatic nitrogens is 3. The number of carbonyl (C=O) groups excluding carboxylic acids is 1. The van der Waals surface area contributed by atoms with Gasteiger partial charge in [0.05, 0.1) is 13.0 Å². The Morgan fingerprint density at radius 3 is 3.05 bits per heavy atom. The summed E-state index contributed by atoms with van der Waals surface area (Å²) in [6.45, 7) is 0.494. The van der Waals surface area contributed by atoms with E-state index < -0.39 is 0 Å². The SMILES string of the molecule is NNC(=O)Cc1n[nH]c(CNc2cccc(Br)c2)n1. The molecule has 1 amide bonds. The van der Waals surface area contributed by atoms with Crippen LogP contribution in [0.1, 0.15) is 11.6 Å². The van der Waals surface area contributed by atoms with Crippen LogP contribution in [0.25, 0.3) is 0 Å². The molecule has 1 heterocycles. The first-order valence-electron chi connectivity index (χ1n) is 5.56. The van der Waals surface area contributed by atoms with E-state index in [0.717, 1.165) is 10.2 Å². The molecule has 8 heteroatoms. The molecule has 100 valence electrons. The maximum atomic E-state index is 11.1. The zero-order chi connectivity index (χ0) is 13.7. The molecule has 0 fully saturated rings. The van der Waals surface area contributed by atoms with Crippen molar-refractivity contribution in [2.24, 2.45) is 5.84 Å². The highest BCUT2D eigenvalue weighted by molar-refractivity contribution is 9.10. The van der Waals surface area contributed by atoms with E-state index in [1.54, 1.807) is 0 Å². The molecule has 0 aliphatic heterocycles. The van der Waals surface area contributed by atoms with Gasteiger partial charge in [-0.1, -0.05) is 22.0 Å². The first-order chi connectivity index (χ1) is 9.17. The fourth-order valence-electron chi connectivity index (χ4n) is 1.47. The molecule has 0 atom stereocenters. The van der Waals surface area contributed by atoms with Gasteiger partial charge in [0, 0.05) is 10.2 Å². The number of nitrogens with two attached hydrogens (primary N) is 1. The Balaban J connectivity index is 1.91. The number of amides is 1. The molecule has 1 aromatic heterocycles. The van der Waals surface area contributed by atoms with Gasteiger partial charge in [0.15, 0.2) is 5.82 Å². The number of rotatable bonds is 5. The Hall–Kier alpha value is -1.93. The lowest BCUT2D eigenvalue weighted by Gasteiger charge is -2.03. The van der Waals surface area contributed by atoms with E-state index in [1.807, 2.05) is 29.7 Å². The Morgan fingerprint density at radius 2 is 2.32 bits per heavy atom. The molecule has 7 nitrogen and oxygen atoms in total. The third-order valence-corrected chi connectivity index (χ3v) is 2.84. The highest BCUT2D eigenvalue weighted by Crippen LogP contribution is 2.15. The van der Waals surface area contributed by atoms with E-state index in [-0.39, 0.29) is 12.3 Å². The first kappa shape index (κ1) is 13.5. The van der Waals surface area contributed by atoms with Crippen LogP contribution in [0.3, 0.4) is 0 Å². The highest BCUT2D eigenvalue weighted by atomic mass is 79.9. The molecule has 2 rings (SSSR count). The highest BCUT2D eigenvalue weighted by Gasteiger charge is 2.07. The summed E-state index contributed by atoms with van der Waals surface area (Å²) in [7, 11) is 0. The number of hydrogen-bond donors (Lipinski definition) is 4. The van der Waals surface area contributed by atoms with Crippen molar-refractivity contribution >= 4 is 27.5 Å². The fourth-order valence-corrected chi connectivity index (χ4v) is 1.87. The summed E-state index contributed by atoms with van der Waals surface area (Å²) in [4.78, 5) is 15.2. The van der Waals surface area contributed by atoms with Crippen LogP contribution in [0.5, 0.6) is 0 Å². The molecule has 1 aromatic carbocycles. The van der Waals surface area contributed by atoms with Gasteiger partial charge in [-0.2, -0.15) is 5.10 Å². The topological polar surface area (TPSA) is 109 Å². The average Bonchev–Trinajstić information content (AvgIpc) is 2.84. The van der Waals surface area contributed by atoms with Crippen LogP contribution in [0, 0.1) is 0 Å². The third kappa shape index (κ3) is 4.04. The quantitative estimate of drug-likeness (QED) is 0.368. The van der Waals surface area contributed by atoms with Gasteiger partial charge in [0.2, 0.25) is 5.91 Å². The summed E-state index contributed by atoms with van der Waals surface area (Å²) in [5.74, 6) is 5.73. The second-order valence-corrected chi connectivity index (χ2v) is 4.72. The van der Waals surface area contributed by atoms with Crippen LogP contribution < -0.4 is 16.6 Å². The van der Waals surface area contributed by atoms with Crippen molar-refractivity contribution in [3.8, 4) is 0 Å². The van der Waals surface area contributed by atoms with Crippen molar-refractivity contribution in [1.82, 2.24) is 20.6 Å². The Morgan fingerprint density at radius 1 is 1.47 bits per heavy atom. The molecule has 19 heavy (non-hydrogen) atoms. The smallest absolute Gasteiger partial charge is 0.241 e. The molecule has 0 saturated carbocycles. The number of carbonyl (C=O) groups is 1. The van der Waals surface area contributed by atoms with Crippen molar-refractivity contribution in [2.75, 3.05) is 5.32 Å². The summed E-state index contributed by atoms with van der Waals surface area (Å²) in [6, 6.07) is 7.79. The van der Waals surface area contributed by atoms with Crippen molar-refractivity contribution in [2.45, 2.75) is 13.0 Å². The number of aromatic amines is 1. The molecule has 0 radical (unpaired) electrons. The summed E-state index contributed by atoms with van der Waals surface area (Å²) in [5, 5.41) is 9.89. The van der Waals surface area contributed by atoms with Crippen molar-refractivity contribution in [1.29, 1.82) is 0 Å². The van der Waals surface area contributed by atoms with Crippen LogP contribution in [0.15, 0.2) is 28.7 Å². The van der Waals surface area contributed by atoms with Gasteiger partial charge in [0.1, 0.15) is 5.82 Å². The summed E-state index contributed by atoms with van der Waals surface area (Å²) in [6.07, 6.45) is 0.0594. The van der Waals surface area contributed by atoms with E-state index in [0.29, 0.717) is 18.2 Å². The maximum absolute atomic E-state index is 11.1. The molecule has 0 bridgehead atoms. The van der Waals surface area contributed by atoms with Crippen LogP contribution in [0.4, 0.5) is 5.69 Å². The number of H-pyrrole nitrogens is 1. The minimum Gasteiger partial charge on any atom is -0.378 e. The predicted octanol–water partition coefficient (Wildman–Crippen LogP) is 0.712. The number of hydrogen-bond acceptors (Lipinski definition) is 5. The lowest BCUT2D eigenvalue weighted by atomic mass is 10.3. The van der Waals surface area contributed by atoms with E-state index in [1.165, 1.54) is 0 Å². The lowest BCUT2D eigenvalue weighted by Crippen LogP contribution is -2.31. The van der Waals surface area contributed by atoms with E-state index >= 15 is 0 Å². The van der Waals surface area contributed by atoms with Gasteiger partial charge in [-0.05, 0) is 18.2 Å².